The molecule has 7 nitrogen and oxygen atoms in total. The molecule has 1 aromatic heterocycles. The highest BCUT2D eigenvalue weighted by atomic mass is 19.4. The molecule has 2 rings (SSSR count). The summed E-state index contributed by atoms with van der Waals surface area (Å²) in [7, 11) is 0. The van der Waals surface area contributed by atoms with Crippen molar-refractivity contribution in [3.63, 3.8) is 0 Å². The zero-order valence-corrected chi connectivity index (χ0v) is 12.8. The molecular weight excluding hydrogens is 341 g/mol. The molecule has 0 aliphatic heterocycles. The van der Waals surface area contributed by atoms with Gasteiger partial charge in [0.15, 0.2) is 0 Å². The van der Waals surface area contributed by atoms with Crippen LogP contribution in [-0.4, -0.2) is 35.4 Å². The van der Waals surface area contributed by atoms with Crippen molar-refractivity contribution < 1.29 is 27.3 Å². The van der Waals surface area contributed by atoms with Gasteiger partial charge in [0.1, 0.15) is 6.61 Å². The maximum atomic E-state index is 12.4. The molecule has 1 heterocycles. The number of oxime groups is 1. The van der Waals surface area contributed by atoms with Gasteiger partial charge in [-0.05, 0) is 12.1 Å². The topological polar surface area (TPSA) is 89.6 Å². The first-order valence-corrected chi connectivity index (χ1v) is 6.96. The molecule has 0 radical (unpaired) electrons. The first-order valence-electron chi connectivity index (χ1n) is 6.96. The maximum Gasteiger partial charge on any atom is 0.471 e. The number of rotatable bonds is 7. The van der Waals surface area contributed by atoms with E-state index in [1.807, 2.05) is 0 Å². The average molecular weight is 354 g/mol. The number of alkyl halides is 3. The zero-order valence-electron chi connectivity index (χ0n) is 12.8. The van der Waals surface area contributed by atoms with E-state index in [9.17, 15) is 18.0 Å². The van der Waals surface area contributed by atoms with E-state index in [1.165, 1.54) is 36.6 Å². The summed E-state index contributed by atoms with van der Waals surface area (Å²) in [5.74, 6) is -2.03. The fourth-order valence-electron chi connectivity index (χ4n) is 1.65. The van der Waals surface area contributed by atoms with E-state index in [4.69, 9.17) is 4.84 Å². The van der Waals surface area contributed by atoms with Gasteiger partial charge < -0.3 is 14.7 Å². The number of amides is 1. The lowest BCUT2D eigenvalue weighted by atomic mass is 10.1. The van der Waals surface area contributed by atoms with Crippen LogP contribution in [0.2, 0.25) is 0 Å². The molecule has 2 aromatic rings. The van der Waals surface area contributed by atoms with Gasteiger partial charge in [0.2, 0.25) is 5.82 Å². The third kappa shape index (κ3) is 5.16. The van der Waals surface area contributed by atoms with E-state index in [1.54, 1.807) is 0 Å². The van der Waals surface area contributed by atoms with Gasteiger partial charge in [-0.1, -0.05) is 35.1 Å². The average Bonchev–Trinajstić information content (AvgIpc) is 3.08. The highest BCUT2D eigenvalue weighted by Gasteiger charge is 2.38. The van der Waals surface area contributed by atoms with Gasteiger partial charge in [-0.25, -0.2) is 0 Å². The third-order valence-corrected chi connectivity index (χ3v) is 2.77. The van der Waals surface area contributed by atoms with Crippen molar-refractivity contribution in [3.05, 3.63) is 48.4 Å². The lowest BCUT2D eigenvalue weighted by Gasteiger charge is -2.02. The zero-order chi connectivity index (χ0) is 18.3. The number of hydrogen-bond donors (Lipinski definition) is 1. The minimum absolute atomic E-state index is 0.150. The lowest BCUT2D eigenvalue weighted by molar-refractivity contribution is -0.159. The molecule has 0 unspecified atom stereocenters. The van der Waals surface area contributed by atoms with Crippen LogP contribution in [0.5, 0.6) is 0 Å². The fourth-order valence-corrected chi connectivity index (χ4v) is 1.65. The van der Waals surface area contributed by atoms with Gasteiger partial charge in [0.05, 0.1) is 12.8 Å². The second-order valence-corrected chi connectivity index (χ2v) is 4.58. The van der Waals surface area contributed by atoms with Crippen molar-refractivity contribution in [1.82, 2.24) is 15.5 Å². The van der Waals surface area contributed by atoms with Gasteiger partial charge >= 0.3 is 12.1 Å². The number of nitrogens with zero attached hydrogens (tertiary/aromatic N) is 3. The van der Waals surface area contributed by atoms with Crippen molar-refractivity contribution in [2.75, 3.05) is 13.2 Å². The second kappa shape index (κ2) is 8.08. The second-order valence-electron chi connectivity index (χ2n) is 4.58. The van der Waals surface area contributed by atoms with Crippen molar-refractivity contribution in [3.8, 4) is 11.4 Å². The largest absolute Gasteiger partial charge is 0.471 e. The van der Waals surface area contributed by atoms with Crippen molar-refractivity contribution in [1.29, 1.82) is 0 Å². The van der Waals surface area contributed by atoms with Crippen molar-refractivity contribution in [2.24, 2.45) is 5.16 Å². The minimum Gasteiger partial charge on any atom is -0.392 e. The Morgan fingerprint density at radius 1 is 1.36 bits per heavy atom. The molecular formula is C15H13F3N4O3. The number of halogens is 3. The molecule has 0 saturated heterocycles. The third-order valence-electron chi connectivity index (χ3n) is 2.77. The van der Waals surface area contributed by atoms with Gasteiger partial charge in [0.25, 0.3) is 5.91 Å². The number of carbonyl (C=O) groups is 1. The van der Waals surface area contributed by atoms with Crippen LogP contribution in [0.15, 0.2) is 46.6 Å². The molecule has 0 saturated carbocycles. The quantitative estimate of drug-likeness (QED) is 0.357. The van der Waals surface area contributed by atoms with Gasteiger partial charge in [-0.2, -0.15) is 18.2 Å². The number of hydrogen-bond acceptors (Lipinski definition) is 6. The number of carbonyl (C=O) groups excluding carboxylic acids is 1. The van der Waals surface area contributed by atoms with E-state index in [0.717, 1.165) is 0 Å². The molecule has 0 spiro atoms. The van der Waals surface area contributed by atoms with Crippen LogP contribution in [0.25, 0.3) is 11.4 Å². The standard InChI is InChI=1S/C15H13F3N4O3/c1-2-9-24-20-8-7-19-13(23)11-5-3-10(4-6-11)12-21-14(25-22-12)15(16,17)18/h2-6,8H,1,7,9H2,(H,19,23). The molecule has 0 atom stereocenters. The molecule has 25 heavy (non-hydrogen) atoms. The molecule has 1 aromatic carbocycles. The van der Waals surface area contributed by atoms with Crippen molar-refractivity contribution >= 4 is 12.1 Å². The van der Waals surface area contributed by atoms with E-state index in [0.29, 0.717) is 5.56 Å². The monoisotopic (exact) mass is 354 g/mol. The van der Waals surface area contributed by atoms with Crippen LogP contribution >= 0.6 is 0 Å². The van der Waals surface area contributed by atoms with Crippen LogP contribution in [0.4, 0.5) is 13.2 Å². The van der Waals surface area contributed by atoms with Crippen LogP contribution in [0.3, 0.4) is 0 Å². The summed E-state index contributed by atoms with van der Waals surface area (Å²) in [6.45, 7) is 3.86. The van der Waals surface area contributed by atoms with Crippen molar-refractivity contribution in [2.45, 2.75) is 6.18 Å². The summed E-state index contributed by atoms with van der Waals surface area (Å²) in [5.41, 5.74) is 0.596. The predicted molar refractivity (Wildman–Crippen MR) is 81.7 cm³/mol. The lowest BCUT2D eigenvalue weighted by Crippen LogP contribution is -2.25. The first kappa shape index (κ1) is 18.2. The van der Waals surface area contributed by atoms with Crippen LogP contribution in [-0.2, 0) is 11.0 Å². The molecule has 0 fully saturated rings. The molecule has 1 amide bonds. The van der Waals surface area contributed by atoms with E-state index >= 15 is 0 Å². The maximum absolute atomic E-state index is 12.4. The Kier molecular flexibility index (Phi) is 5.88. The molecule has 0 aliphatic rings. The summed E-state index contributed by atoms with van der Waals surface area (Å²) in [6.07, 6.45) is -1.81. The summed E-state index contributed by atoms with van der Waals surface area (Å²) in [6, 6.07) is 5.70. The Bertz CT molecular complexity index is 754. The fraction of sp³-hybridized carbons (Fsp3) is 0.200. The SMILES string of the molecule is C=CCON=CCNC(=O)c1ccc(-c2noc(C(F)(F)F)n2)cc1. The van der Waals surface area contributed by atoms with Crippen LogP contribution < -0.4 is 5.32 Å². The van der Waals surface area contributed by atoms with E-state index in [2.05, 4.69) is 31.7 Å². The Balaban J connectivity index is 1.95. The summed E-state index contributed by atoms with van der Waals surface area (Å²) in [5, 5.41) is 9.41. The first-order chi connectivity index (χ1) is 11.9. The highest BCUT2D eigenvalue weighted by Crippen LogP contribution is 2.29. The molecule has 0 aliphatic carbocycles. The Morgan fingerprint density at radius 2 is 2.08 bits per heavy atom. The van der Waals surface area contributed by atoms with E-state index < -0.39 is 12.1 Å². The minimum atomic E-state index is -4.71. The normalized spacial score (nSPS) is 11.5. The molecule has 10 heteroatoms. The summed E-state index contributed by atoms with van der Waals surface area (Å²) in [4.78, 5) is 19.9. The number of benzene rings is 1. The summed E-state index contributed by atoms with van der Waals surface area (Å²) < 4.78 is 41.4. The Labute approximate surface area is 140 Å². The Morgan fingerprint density at radius 3 is 2.68 bits per heavy atom. The predicted octanol–water partition coefficient (Wildman–Crippen LogP) is 2.67. The highest BCUT2D eigenvalue weighted by molar-refractivity contribution is 5.95. The number of nitrogens with one attached hydrogen (secondary N) is 1. The van der Waals surface area contributed by atoms with Gasteiger partial charge in [-0.3, -0.25) is 4.79 Å². The molecule has 1 N–H and O–H groups in total. The van der Waals surface area contributed by atoms with Crippen LogP contribution in [0, 0.1) is 0 Å². The Hall–Kier alpha value is -3.17. The van der Waals surface area contributed by atoms with Gasteiger partial charge in [0, 0.05) is 11.1 Å². The van der Waals surface area contributed by atoms with E-state index in [-0.39, 0.29) is 30.4 Å². The van der Waals surface area contributed by atoms with Gasteiger partial charge in [-0.15, -0.1) is 0 Å². The smallest absolute Gasteiger partial charge is 0.392 e. The molecule has 132 valence electrons. The van der Waals surface area contributed by atoms with Crippen LogP contribution in [0.1, 0.15) is 16.2 Å². The number of aromatic nitrogens is 2. The molecule has 0 bridgehead atoms. The summed E-state index contributed by atoms with van der Waals surface area (Å²) >= 11 is 0.